The van der Waals surface area contributed by atoms with E-state index in [2.05, 4.69) is 20.8 Å². The predicted octanol–water partition coefficient (Wildman–Crippen LogP) is 4.37. The number of carboxylic acids is 1. The van der Waals surface area contributed by atoms with Gasteiger partial charge >= 0.3 is 5.97 Å². The highest BCUT2D eigenvalue weighted by Crippen LogP contribution is 2.31. The highest BCUT2D eigenvalue weighted by atomic mass is 79.9. The lowest BCUT2D eigenvalue weighted by Crippen LogP contribution is -2.52. The van der Waals surface area contributed by atoms with Crippen molar-refractivity contribution in [2.75, 3.05) is 31.1 Å². The number of benzene rings is 2. The smallest absolute Gasteiger partial charge is 0.307 e. The van der Waals surface area contributed by atoms with E-state index in [4.69, 9.17) is 9.97 Å². The Labute approximate surface area is 206 Å². The molecule has 174 valence electrons. The minimum absolute atomic E-state index is 0.0642. The maximum Gasteiger partial charge on any atom is 0.307 e. The lowest BCUT2D eigenvalue weighted by atomic mass is 9.82. The fourth-order valence-corrected chi connectivity index (χ4v) is 5.13. The fraction of sp³-hybridized carbons (Fsp3) is 0.308. The summed E-state index contributed by atoms with van der Waals surface area (Å²) in [5.41, 5.74) is 2.76. The number of aromatic nitrogens is 2. The first-order valence-corrected chi connectivity index (χ1v) is 12.2. The quantitative estimate of drug-likeness (QED) is 0.513. The van der Waals surface area contributed by atoms with Crippen LogP contribution in [0.4, 0.5) is 5.95 Å². The molecule has 0 spiro atoms. The molecule has 1 saturated heterocycles. The van der Waals surface area contributed by atoms with Crippen LogP contribution in [-0.2, 0) is 9.59 Å². The van der Waals surface area contributed by atoms with Crippen molar-refractivity contribution in [1.82, 2.24) is 14.9 Å². The minimum Gasteiger partial charge on any atom is -0.481 e. The number of carboxylic acid groups (broad SMARTS) is 1. The van der Waals surface area contributed by atoms with Crippen LogP contribution in [-0.4, -0.2) is 58.0 Å². The molecule has 1 amide bonds. The second kappa shape index (κ2) is 9.54. The molecular formula is C26H25BrN4O3. The topological polar surface area (TPSA) is 86.6 Å². The number of anilines is 1. The van der Waals surface area contributed by atoms with Crippen molar-refractivity contribution in [1.29, 1.82) is 0 Å². The summed E-state index contributed by atoms with van der Waals surface area (Å²) in [6.45, 7) is 2.24. The second-order valence-electron chi connectivity index (χ2n) is 8.71. The zero-order valence-corrected chi connectivity index (χ0v) is 20.2. The van der Waals surface area contributed by atoms with Gasteiger partial charge in [-0.2, -0.15) is 0 Å². The third-order valence-corrected chi connectivity index (χ3v) is 7.13. The summed E-state index contributed by atoms with van der Waals surface area (Å²) in [6.07, 6.45) is 4.68. The van der Waals surface area contributed by atoms with Gasteiger partial charge in [0.15, 0.2) is 0 Å². The van der Waals surface area contributed by atoms with Crippen LogP contribution in [0.1, 0.15) is 12.8 Å². The molecule has 2 unspecified atom stereocenters. The zero-order valence-electron chi connectivity index (χ0n) is 18.6. The van der Waals surface area contributed by atoms with E-state index in [0.29, 0.717) is 45.0 Å². The van der Waals surface area contributed by atoms with Crippen LogP contribution >= 0.6 is 15.9 Å². The number of piperazine rings is 1. The van der Waals surface area contributed by atoms with Gasteiger partial charge in [-0.1, -0.05) is 58.4 Å². The van der Waals surface area contributed by atoms with Crippen LogP contribution < -0.4 is 4.90 Å². The number of hydrogen-bond donors (Lipinski definition) is 1. The Morgan fingerprint density at radius 2 is 1.62 bits per heavy atom. The van der Waals surface area contributed by atoms with Crippen LogP contribution in [0, 0.1) is 11.8 Å². The average molecular weight is 521 g/mol. The van der Waals surface area contributed by atoms with Crippen molar-refractivity contribution in [3.05, 3.63) is 65.2 Å². The number of allylic oxidation sites excluding steroid dienone is 2. The third-order valence-electron chi connectivity index (χ3n) is 6.63. The van der Waals surface area contributed by atoms with Crippen molar-refractivity contribution < 1.29 is 14.7 Å². The SMILES string of the molecule is O=C(O)C1CC=CCC1C(=O)N1CCN(c2nc(-c3ccccc3)c3cc(Br)ccc3n2)CC1. The first-order valence-electron chi connectivity index (χ1n) is 11.5. The molecule has 34 heavy (non-hydrogen) atoms. The Balaban J connectivity index is 1.38. The Hall–Kier alpha value is -3.26. The summed E-state index contributed by atoms with van der Waals surface area (Å²) >= 11 is 3.56. The van der Waals surface area contributed by atoms with Gasteiger partial charge in [-0.3, -0.25) is 9.59 Å². The first-order chi connectivity index (χ1) is 16.5. The van der Waals surface area contributed by atoms with E-state index in [0.717, 1.165) is 26.6 Å². The van der Waals surface area contributed by atoms with Crippen LogP contribution in [0.3, 0.4) is 0 Å². The lowest BCUT2D eigenvalue weighted by Gasteiger charge is -2.37. The molecule has 1 aliphatic carbocycles. The minimum atomic E-state index is -0.897. The van der Waals surface area contributed by atoms with E-state index < -0.39 is 17.8 Å². The number of fused-ring (bicyclic) bond motifs is 1. The van der Waals surface area contributed by atoms with Gasteiger partial charge in [-0.25, -0.2) is 9.97 Å². The molecule has 0 radical (unpaired) electrons. The monoisotopic (exact) mass is 520 g/mol. The molecule has 1 fully saturated rings. The highest BCUT2D eigenvalue weighted by molar-refractivity contribution is 9.10. The number of carbonyl (C=O) groups is 2. The lowest BCUT2D eigenvalue weighted by molar-refractivity contribution is -0.150. The van der Waals surface area contributed by atoms with Gasteiger partial charge in [0, 0.05) is 41.6 Å². The fourth-order valence-electron chi connectivity index (χ4n) is 4.77. The van der Waals surface area contributed by atoms with Gasteiger partial charge in [0.25, 0.3) is 0 Å². The molecule has 2 aromatic carbocycles. The third kappa shape index (κ3) is 4.42. The largest absolute Gasteiger partial charge is 0.481 e. The molecule has 5 rings (SSSR count). The van der Waals surface area contributed by atoms with Gasteiger partial charge in [-0.05, 0) is 31.0 Å². The summed E-state index contributed by atoms with van der Waals surface area (Å²) in [6, 6.07) is 16.1. The van der Waals surface area contributed by atoms with Gasteiger partial charge in [0.1, 0.15) is 0 Å². The van der Waals surface area contributed by atoms with Crippen LogP contribution in [0.5, 0.6) is 0 Å². The number of carbonyl (C=O) groups excluding carboxylic acids is 1. The molecule has 3 aromatic rings. The van der Waals surface area contributed by atoms with Gasteiger partial charge in [0.2, 0.25) is 11.9 Å². The van der Waals surface area contributed by atoms with E-state index >= 15 is 0 Å². The van der Waals surface area contributed by atoms with Crippen molar-refractivity contribution in [3.63, 3.8) is 0 Å². The van der Waals surface area contributed by atoms with E-state index in [1.807, 2.05) is 60.7 Å². The van der Waals surface area contributed by atoms with E-state index in [-0.39, 0.29) is 5.91 Å². The summed E-state index contributed by atoms with van der Waals surface area (Å²) in [5.74, 6) is -1.46. The molecule has 1 N–H and O–H groups in total. The molecule has 2 atom stereocenters. The summed E-state index contributed by atoms with van der Waals surface area (Å²) in [4.78, 5) is 38.4. The van der Waals surface area contributed by atoms with Crippen LogP contribution in [0.2, 0.25) is 0 Å². The Bertz CT molecular complexity index is 1260. The number of hydrogen-bond acceptors (Lipinski definition) is 5. The van der Waals surface area contributed by atoms with Crippen LogP contribution in [0.15, 0.2) is 65.2 Å². The second-order valence-corrected chi connectivity index (χ2v) is 9.62. The van der Waals surface area contributed by atoms with Gasteiger partial charge < -0.3 is 14.9 Å². The van der Waals surface area contributed by atoms with Crippen molar-refractivity contribution >= 4 is 44.7 Å². The number of amides is 1. The van der Waals surface area contributed by atoms with Crippen molar-refractivity contribution in [3.8, 4) is 11.3 Å². The van der Waals surface area contributed by atoms with E-state index in [9.17, 15) is 14.7 Å². The normalized spacial score (nSPS) is 20.5. The molecular weight excluding hydrogens is 496 g/mol. The Kier molecular flexibility index (Phi) is 6.32. The van der Waals surface area contributed by atoms with E-state index in [1.165, 1.54) is 0 Å². The van der Waals surface area contributed by atoms with Gasteiger partial charge in [-0.15, -0.1) is 0 Å². The molecule has 8 heteroatoms. The molecule has 2 aliphatic rings. The molecule has 0 saturated carbocycles. The molecule has 1 aromatic heterocycles. The van der Waals surface area contributed by atoms with Gasteiger partial charge in [0.05, 0.1) is 23.0 Å². The number of rotatable bonds is 4. The maximum atomic E-state index is 13.1. The molecule has 7 nitrogen and oxygen atoms in total. The van der Waals surface area contributed by atoms with Crippen LogP contribution in [0.25, 0.3) is 22.2 Å². The standard InChI is InChI=1S/C26H25BrN4O3/c27-18-10-11-22-21(16-18)23(17-6-2-1-3-7-17)29-26(28-22)31-14-12-30(13-15-31)24(32)19-8-4-5-9-20(19)25(33)34/h1-7,10-11,16,19-20H,8-9,12-15H2,(H,33,34). The van der Waals surface area contributed by atoms with Crippen molar-refractivity contribution in [2.24, 2.45) is 11.8 Å². The zero-order chi connectivity index (χ0) is 23.7. The van der Waals surface area contributed by atoms with Crippen molar-refractivity contribution in [2.45, 2.75) is 12.8 Å². The maximum absolute atomic E-state index is 13.1. The summed E-state index contributed by atoms with van der Waals surface area (Å²) in [7, 11) is 0. The number of nitrogens with zero attached hydrogens (tertiary/aromatic N) is 4. The molecule has 0 bridgehead atoms. The first kappa shape index (κ1) is 22.5. The van der Waals surface area contributed by atoms with E-state index in [1.54, 1.807) is 4.90 Å². The number of aliphatic carboxylic acids is 1. The summed E-state index contributed by atoms with van der Waals surface area (Å²) < 4.78 is 0.970. The summed E-state index contributed by atoms with van der Waals surface area (Å²) in [5, 5.41) is 10.5. The number of halogens is 1. The Morgan fingerprint density at radius 3 is 2.32 bits per heavy atom. The predicted molar refractivity (Wildman–Crippen MR) is 134 cm³/mol. The molecule has 2 heterocycles. The highest BCUT2D eigenvalue weighted by Gasteiger charge is 2.37. The Morgan fingerprint density at radius 1 is 0.912 bits per heavy atom. The molecule has 1 aliphatic heterocycles. The average Bonchev–Trinajstić information content (AvgIpc) is 2.88.